The molecule has 0 spiro atoms. The third-order valence-corrected chi connectivity index (χ3v) is 6.03. The molecule has 0 radical (unpaired) electrons. The third kappa shape index (κ3) is 7.24. The molecule has 1 aliphatic heterocycles. The van der Waals surface area contributed by atoms with Crippen LogP contribution in [0.25, 0.3) is 11.5 Å². The van der Waals surface area contributed by atoms with Crippen LogP contribution in [-0.4, -0.2) is 41.8 Å². The van der Waals surface area contributed by atoms with Gasteiger partial charge in [0.1, 0.15) is 11.5 Å². The van der Waals surface area contributed by atoms with Gasteiger partial charge in [0.05, 0.1) is 19.3 Å². The summed E-state index contributed by atoms with van der Waals surface area (Å²) in [5, 5.41) is 0. The minimum atomic E-state index is -0.698. The number of ether oxygens (including phenoxy) is 3. The second-order valence-electron chi connectivity index (χ2n) is 9.26. The molecule has 0 aliphatic carbocycles. The van der Waals surface area contributed by atoms with Crippen molar-refractivity contribution in [3.8, 4) is 11.5 Å². The van der Waals surface area contributed by atoms with E-state index in [2.05, 4.69) is 11.9 Å². The Hall–Kier alpha value is -2.51. The zero-order valence-electron chi connectivity index (χ0n) is 20.8. The van der Waals surface area contributed by atoms with Gasteiger partial charge >= 0.3 is 5.97 Å². The van der Waals surface area contributed by atoms with Crippen LogP contribution >= 0.6 is 0 Å². The van der Waals surface area contributed by atoms with Crippen molar-refractivity contribution in [3.05, 3.63) is 41.8 Å². The van der Waals surface area contributed by atoms with Crippen LogP contribution in [0, 0.1) is 0 Å². The first-order valence-electron chi connectivity index (χ1n) is 12.3. The molecule has 0 amide bonds. The van der Waals surface area contributed by atoms with Crippen molar-refractivity contribution < 1.29 is 28.2 Å². The summed E-state index contributed by atoms with van der Waals surface area (Å²) in [6.45, 7) is 5.90. The van der Waals surface area contributed by atoms with Gasteiger partial charge < -0.3 is 18.6 Å². The molecule has 2 heterocycles. The van der Waals surface area contributed by atoms with Gasteiger partial charge in [-0.2, -0.15) is 0 Å². The van der Waals surface area contributed by atoms with E-state index >= 15 is 0 Å². The number of oxazole rings is 1. The number of benzene rings is 1. The van der Waals surface area contributed by atoms with Gasteiger partial charge in [0.25, 0.3) is 0 Å². The van der Waals surface area contributed by atoms with Gasteiger partial charge in [-0.15, -0.1) is 0 Å². The topological polar surface area (TPSA) is 87.9 Å². The number of Topliss-reactive ketones (excluding diaryl/α,β-unsaturated/α-hetero) is 1. The first kappa shape index (κ1) is 26.1. The number of methoxy groups -OCH3 is 1. The number of ketones is 1. The van der Waals surface area contributed by atoms with Crippen LogP contribution < -0.4 is 0 Å². The van der Waals surface area contributed by atoms with Crippen molar-refractivity contribution in [2.24, 2.45) is 0 Å². The Morgan fingerprint density at radius 2 is 1.71 bits per heavy atom. The molecule has 0 saturated carbocycles. The van der Waals surface area contributed by atoms with Gasteiger partial charge in [0, 0.05) is 24.8 Å². The Bertz CT molecular complexity index is 936. The van der Waals surface area contributed by atoms with E-state index in [1.165, 1.54) is 7.11 Å². The molecule has 0 unspecified atom stereocenters. The number of hydrogen-bond acceptors (Lipinski definition) is 7. The zero-order chi connectivity index (χ0) is 24.6. The molecule has 34 heavy (non-hydrogen) atoms. The Kier molecular flexibility index (Phi) is 9.42. The minimum absolute atomic E-state index is 0.0212. The molecule has 1 aromatic heterocycles. The molecule has 0 bridgehead atoms. The summed E-state index contributed by atoms with van der Waals surface area (Å²) in [6, 6.07) is 9.63. The predicted octanol–water partition coefficient (Wildman–Crippen LogP) is 5.90. The highest BCUT2D eigenvalue weighted by Crippen LogP contribution is 2.34. The molecule has 1 aliphatic rings. The van der Waals surface area contributed by atoms with E-state index in [-0.39, 0.29) is 24.0 Å². The van der Waals surface area contributed by atoms with Crippen LogP contribution in [0.3, 0.4) is 0 Å². The van der Waals surface area contributed by atoms with E-state index in [1.54, 1.807) is 0 Å². The maximum absolute atomic E-state index is 13.0. The largest absolute Gasteiger partial charge is 0.469 e. The number of rotatable bonds is 13. The molecule has 1 aromatic carbocycles. The van der Waals surface area contributed by atoms with Gasteiger partial charge in [-0.3, -0.25) is 9.59 Å². The Balaban J connectivity index is 1.72. The molecule has 7 nitrogen and oxygen atoms in total. The van der Waals surface area contributed by atoms with Crippen molar-refractivity contribution >= 4 is 11.8 Å². The SMILES string of the molecule is CCCCCC(=O)c1nc(-c2ccccc2)oc1CC[C@H]1OC(C)(C)O[C@H]1CCCC(=O)OC. The zero-order valence-corrected chi connectivity index (χ0v) is 20.8. The van der Waals surface area contributed by atoms with Crippen LogP contribution in [0.2, 0.25) is 0 Å². The van der Waals surface area contributed by atoms with Gasteiger partial charge in [0.15, 0.2) is 11.6 Å². The van der Waals surface area contributed by atoms with E-state index in [0.29, 0.717) is 55.9 Å². The molecule has 3 rings (SSSR count). The quantitative estimate of drug-likeness (QED) is 0.204. The Morgan fingerprint density at radius 3 is 2.38 bits per heavy atom. The monoisotopic (exact) mass is 471 g/mol. The minimum Gasteiger partial charge on any atom is -0.469 e. The number of nitrogens with zero attached hydrogens (tertiary/aromatic N) is 1. The molecule has 2 atom stereocenters. The summed E-state index contributed by atoms with van der Waals surface area (Å²) in [5.74, 6) is 0.162. The lowest BCUT2D eigenvalue weighted by Crippen LogP contribution is -2.23. The maximum atomic E-state index is 13.0. The second kappa shape index (κ2) is 12.3. The number of carbonyl (C=O) groups excluding carboxylic acids is 2. The van der Waals surface area contributed by atoms with Crippen LogP contribution in [0.1, 0.15) is 88.4 Å². The maximum Gasteiger partial charge on any atom is 0.305 e. The summed E-state index contributed by atoms with van der Waals surface area (Å²) < 4.78 is 23.1. The van der Waals surface area contributed by atoms with Crippen LogP contribution in [0.4, 0.5) is 0 Å². The average Bonchev–Trinajstić information content (AvgIpc) is 3.38. The summed E-state index contributed by atoms with van der Waals surface area (Å²) >= 11 is 0. The van der Waals surface area contributed by atoms with Crippen molar-refractivity contribution in [1.29, 1.82) is 0 Å². The summed E-state index contributed by atoms with van der Waals surface area (Å²) in [7, 11) is 1.39. The fraction of sp³-hybridized carbons (Fsp3) is 0.593. The van der Waals surface area contributed by atoms with Crippen LogP contribution in [0.15, 0.2) is 34.7 Å². The van der Waals surface area contributed by atoms with Gasteiger partial charge in [-0.1, -0.05) is 38.0 Å². The lowest BCUT2D eigenvalue weighted by Gasteiger charge is -2.16. The second-order valence-corrected chi connectivity index (χ2v) is 9.26. The predicted molar refractivity (Wildman–Crippen MR) is 128 cm³/mol. The lowest BCUT2D eigenvalue weighted by molar-refractivity contribution is -0.147. The standard InChI is InChI=1S/C27H37NO6/c1-5-6-8-14-20(29)25-23(32-26(28-25)19-12-9-7-10-13-19)18-17-22-21(33-27(2,3)34-22)15-11-16-24(30)31-4/h7,9-10,12-13,21-22H,5-6,8,11,14-18H2,1-4H3/t21-,22+/m0/s1. The average molecular weight is 472 g/mol. The van der Waals surface area contributed by atoms with Gasteiger partial charge in [-0.25, -0.2) is 4.98 Å². The van der Waals surface area contributed by atoms with Crippen molar-refractivity contribution in [3.63, 3.8) is 0 Å². The van der Waals surface area contributed by atoms with Crippen molar-refractivity contribution in [1.82, 2.24) is 4.98 Å². The smallest absolute Gasteiger partial charge is 0.305 e. The summed E-state index contributed by atoms with van der Waals surface area (Å²) in [5.41, 5.74) is 1.27. The van der Waals surface area contributed by atoms with E-state index in [0.717, 1.165) is 24.8 Å². The molecule has 186 valence electrons. The Morgan fingerprint density at radius 1 is 1.00 bits per heavy atom. The number of aryl methyl sites for hydroxylation is 1. The highest BCUT2D eigenvalue weighted by Gasteiger charge is 2.40. The summed E-state index contributed by atoms with van der Waals surface area (Å²) in [4.78, 5) is 29.0. The highest BCUT2D eigenvalue weighted by molar-refractivity contribution is 5.95. The number of aromatic nitrogens is 1. The fourth-order valence-corrected chi connectivity index (χ4v) is 4.32. The molecule has 7 heteroatoms. The first-order valence-corrected chi connectivity index (χ1v) is 12.3. The molecular weight excluding hydrogens is 434 g/mol. The molecule has 1 fully saturated rings. The highest BCUT2D eigenvalue weighted by atomic mass is 16.7. The molecule has 2 aromatic rings. The van der Waals surface area contributed by atoms with E-state index in [4.69, 9.17) is 18.6 Å². The number of esters is 1. The van der Waals surface area contributed by atoms with E-state index in [9.17, 15) is 9.59 Å². The normalized spacial score (nSPS) is 19.3. The van der Waals surface area contributed by atoms with Crippen LogP contribution in [-0.2, 0) is 25.4 Å². The van der Waals surface area contributed by atoms with Crippen molar-refractivity contribution in [2.75, 3.05) is 7.11 Å². The number of carbonyl (C=O) groups is 2. The third-order valence-electron chi connectivity index (χ3n) is 6.03. The van der Waals surface area contributed by atoms with Gasteiger partial charge in [0.2, 0.25) is 5.89 Å². The summed E-state index contributed by atoms with van der Waals surface area (Å²) in [6.07, 6.45) is 5.93. The molecule has 0 N–H and O–H groups in total. The van der Waals surface area contributed by atoms with Crippen LogP contribution in [0.5, 0.6) is 0 Å². The van der Waals surface area contributed by atoms with Gasteiger partial charge in [-0.05, 0) is 51.7 Å². The van der Waals surface area contributed by atoms with Crippen molar-refractivity contribution in [2.45, 2.75) is 96.6 Å². The van der Waals surface area contributed by atoms with E-state index < -0.39 is 5.79 Å². The number of hydrogen-bond donors (Lipinski definition) is 0. The van der Waals surface area contributed by atoms with E-state index in [1.807, 2.05) is 44.2 Å². The Labute approximate surface area is 202 Å². The number of unbranched alkanes of at least 4 members (excludes halogenated alkanes) is 2. The fourth-order valence-electron chi connectivity index (χ4n) is 4.32. The molecule has 1 saturated heterocycles. The lowest BCUT2D eigenvalue weighted by atomic mass is 10.0. The molecular formula is C27H37NO6. The first-order chi connectivity index (χ1) is 16.3.